The molecule has 1 aromatic rings. The maximum absolute atomic E-state index is 11.9. The molecule has 0 aromatic carbocycles. The van der Waals surface area contributed by atoms with Gasteiger partial charge in [0.2, 0.25) is 10.0 Å². The molecule has 0 saturated heterocycles. The smallest absolute Gasteiger partial charge is 0.324 e. The van der Waals surface area contributed by atoms with E-state index in [9.17, 15) is 13.2 Å². The van der Waals surface area contributed by atoms with Crippen LogP contribution in [0, 0.1) is 0 Å². The predicted octanol–water partition coefficient (Wildman–Crippen LogP) is 0.986. The summed E-state index contributed by atoms with van der Waals surface area (Å²) in [6.45, 7) is 2.52. The summed E-state index contributed by atoms with van der Waals surface area (Å²) in [5, 5.41) is 8.85. The second-order valence-electron chi connectivity index (χ2n) is 3.87. The van der Waals surface area contributed by atoms with Gasteiger partial charge >= 0.3 is 5.97 Å². The van der Waals surface area contributed by atoms with Gasteiger partial charge in [-0.25, -0.2) is 8.42 Å². The average Bonchev–Trinajstić information content (AvgIpc) is 2.15. The zero-order valence-corrected chi connectivity index (χ0v) is 11.5. The van der Waals surface area contributed by atoms with E-state index in [-0.39, 0.29) is 4.90 Å². The molecule has 0 spiro atoms. The first kappa shape index (κ1) is 14.1. The summed E-state index contributed by atoms with van der Waals surface area (Å²) in [5.74, 6) is -1.26. The van der Waals surface area contributed by atoms with Gasteiger partial charge in [0.1, 0.15) is 10.4 Å². The minimum absolute atomic E-state index is 0.0961. The lowest BCUT2D eigenvalue weighted by atomic mass is 10.1. The third-order valence-corrected chi connectivity index (χ3v) is 3.97. The van der Waals surface area contributed by atoms with E-state index in [1.807, 2.05) is 0 Å². The lowest BCUT2D eigenvalue weighted by Gasteiger charge is -2.20. The monoisotopic (exact) mass is 322 g/mol. The van der Waals surface area contributed by atoms with Crippen LogP contribution in [0.1, 0.15) is 13.8 Å². The number of carbonyl (C=O) groups is 1. The summed E-state index contributed by atoms with van der Waals surface area (Å²) >= 11 is 3.09. The van der Waals surface area contributed by atoms with Crippen molar-refractivity contribution in [1.82, 2.24) is 9.71 Å². The molecular weight excluding hydrogens is 312 g/mol. The van der Waals surface area contributed by atoms with E-state index in [2.05, 4.69) is 25.6 Å². The highest BCUT2D eigenvalue weighted by molar-refractivity contribution is 9.10. The van der Waals surface area contributed by atoms with Gasteiger partial charge in [-0.1, -0.05) is 0 Å². The lowest BCUT2D eigenvalue weighted by molar-refractivity contribution is -0.142. The van der Waals surface area contributed by atoms with E-state index in [4.69, 9.17) is 5.11 Å². The minimum Gasteiger partial charge on any atom is -0.480 e. The van der Waals surface area contributed by atoms with Crippen LogP contribution in [0.15, 0.2) is 27.8 Å². The van der Waals surface area contributed by atoms with Crippen LogP contribution < -0.4 is 4.72 Å². The molecule has 0 aliphatic heterocycles. The van der Waals surface area contributed by atoms with Gasteiger partial charge in [0.15, 0.2) is 0 Å². The molecule has 0 bridgehead atoms. The first-order chi connectivity index (χ1) is 7.65. The average molecular weight is 323 g/mol. The Morgan fingerprint density at radius 1 is 1.47 bits per heavy atom. The molecule has 0 fully saturated rings. The Hall–Kier alpha value is -0.990. The van der Waals surface area contributed by atoms with E-state index in [0.717, 1.165) is 6.20 Å². The maximum Gasteiger partial charge on any atom is 0.324 e. The topological polar surface area (TPSA) is 96.4 Å². The number of pyridine rings is 1. The van der Waals surface area contributed by atoms with E-state index in [0.29, 0.717) is 4.47 Å². The number of carboxylic acids is 1. The molecule has 0 radical (unpaired) electrons. The van der Waals surface area contributed by atoms with Crippen LogP contribution in [0.5, 0.6) is 0 Å². The van der Waals surface area contributed by atoms with E-state index in [1.165, 1.54) is 26.1 Å². The second-order valence-corrected chi connectivity index (χ2v) is 6.47. The molecule has 0 amide bonds. The first-order valence-electron chi connectivity index (χ1n) is 4.53. The number of rotatable bonds is 4. The van der Waals surface area contributed by atoms with Gasteiger partial charge in [0.25, 0.3) is 0 Å². The van der Waals surface area contributed by atoms with Gasteiger partial charge in [-0.2, -0.15) is 4.72 Å². The molecule has 0 unspecified atom stereocenters. The van der Waals surface area contributed by atoms with Crippen LogP contribution in [0.4, 0.5) is 0 Å². The molecule has 1 aromatic heterocycles. The van der Waals surface area contributed by atoms with E-state index < -0.39 is 21.5 Å². The molecule has 17 heavy (non-hydrogen) atoms. The molecule has 1 heterocycles. The van der Waals surface area contributed by atoms with Crippen LogP contribution in [-0.2, 0) is 14.8 Å². The highest BCUT2D eigenvalue weighted by Gasteiger charge is 2.33. The Balaban J connectivity index is 3.10. The van der Waals surface area contributed by atoms with Crippen molar-refractivity contribution < 1.29 is 18.3 Å². The van der Waals surface area contributed by atoms with Gasteiger partial charge in [0.05, 0.1) is 0 Å². The Bertz CT molecular complexity index is 542. The predicted molar refractivity (Wildman–Crippen MR) is 64.0 cm³/mol. The zero-order chi connectivity index (χ0) is 13.3. The number of nitrogens with zero attached hydrogens (tertiary/aromatic N) is 1. The molecule has 94 valence electrons. The van der Waals surface area contributed by atoms with Gasteiger partial charge < -0.3 is 5.11 Å². The quantitative estimate of drug-likeness (QED) is 0.861. The second kappa shape index (κ2) is 4.71. The SMILES string of the molecule is CC(C)(NS(=O)(=O)c1cncc(Br)c1)C(=O)O. The van der Waals surface area contributed by atoms with Gasteiger partial charge in [-0.05, 0) is 35.8 Å². The molecule has 0 aliphatic carbocycles. The van der Waals surface area contributed by atoms with Gasteiger partial charge in [0, 0.05) is 16.9 Å². The Kier molecular flexibility index (Phi) is 3.90. The highest BCUT2D eigenvalue weighted by Crippen LogP contribution is 2.16. The summed E-state index contributed by atoms with van der Waals surface area (Å²) in [7, 11) is -3.91. The number of aromatic nitrogens is 1. The molecule has 0 saturated carbocycles. The molecule has 2 N–H and O–H groups in total. The van der Waals surface area contributed by atoms with Crippen molar-refractivity contribution in [2.45, 2.75) is 24.3 Å². The van der Waals surface area contributed by atoms with Crippen molar-refractivity contribution in [2.75, 3.05) is 0 Å². The summed E-state index contributed by atoms with van der Waals surface area (Å²) in [4.78, 5) is 14.5. The zero-order valence-electron chi connectivity index (χ0n) is 9.14. The van der Waals surface area contributed by atoms with E-state index >= 15 is 0 Å². The summed E-state index contributed by atoms with van der Waals surface area (Å²) in [6.07, 6.45) is 2.58. The first-order valence-corrected chi connectivity index (χ1v) is 6.81. The Morgan fingerprint density at radius 2 is 2.06 bits per heavy atom. The summed E-state index contributed by atoms with van der Waals surface area (Å²) < 4.78 is 26.3. The Labute approximate surface area is 107 Å². The van der Waals surface area contributed by atoms with Crippen LogP contribution in [-0.4, -0.2) is 30.0 Å². The molecule has 6 nitrogen and oxygen atoms in total. The third kappa shape index (κ3) is 3.48. The maximum atomic E-state index is 11.9. The Morgan fingerprint density at radius 3 is 2.53 bits per heavy atom. The summed E-state index contributed by atoms with van der Waals surface area (Å²) in [5.41, 5.74) is -1.58. The number of carboxylic acid groups (broad SMARTS) is 1. The van der Waals surface area contributed by atoms with Crippen molar-refractivity contribution in [2.24, 2.45) is 0 Å². The van der Waals surface area contributed by atoms with Crippen molar-refractivity contribution >= 4 is 31.9 Å². The van der Waals surface area contributed by atoms with E-state index in [1.54, 1.807) is 0 Å². The fourth-order valence-corrected chi connectivity index (χ4v) is 2.85. The third-order valence-electron chi connectivity index (χ3n) is 1.91. The van der Waals surface area contributed by atoms with Crippen LogP contribution >= 0.6 is 15.9 Å². The number of hydrogen-bond acceptors (Lipinski definition) is 4. The standard InChI is InChI=1S/C9H11BrN2O4S/c1-9(2,8(13)14)12-17(15,16)7-3-6(10)4-11-5-7/h3-5,12H,1-2H3,(H,13,14). The van der Waals surface area contributed by atoms with Crippen molar-refractivity contribution in [3.63, 3.8) is 0 Å². The lowest BCUT2D eigenvalue weighted by Crippen LogP contribution is -2.49. The van der Waals surface area contributed by atoms with Crippen LogP contribution in [0.25, 0.3) is 0 Å². The van der Waals surface area contributed by atoms with Crippen molar-refractivity contribution in [3.8, 4) is 0 Å². The fraction of sp³-hybridized carbons (Fsp3) is 0.333. The van der Waals surface area contributed by atoms with Gasteiger partial charge in [-0.3, -0.25) is 9.78 Å². The minimum atomic E-state index is -3.91. The molecule has 0 aliphatic rings. The highest BCUT2D eigenvalue weighted by atomic mass is 79.9. The normalized spacial score (nSPS) is 12.4. The van der Waals surface area contributed by atoms with Gasteiger partial charge in [-0.15, -0.1) is 0 Å². The van der Waals surface area contributed by atoms with Crippen LogP contribution in [0.2, 0.25) is 0 Å². The molecule has 8 heteroatoms. The number of aliphatic carboxylic acids is 1. The van der Waals surface area contributed by atoms with Crippen molar-refractivity contribution in [3.05, 3.63) is 22.9 Å². The molecule has 0 atom stereocenters. The number of halogens is 1. The number of hydrogen-bond donors (Lipinski definition) is 2. The van der Waals surface area contributed by atoms with Crippen molar-refractivity contribution in [1.29, 1.82) is 0 Å². The molecule has 1 rings (SSSR count). The largest absolute Gasteiger partial charge is 0.480 e. The summed E-state index contributed by atoms with van der Waals surface area (Å²) in [6, 6.07) is 1.34. The van der Waals surface area contributed by atoms with Crippen LogP contribution in [0.3, 0.4) is 0 Å². The number of nitrogens with one attached hydrogen (secondary N) is 1. The molecular formula is C9H11BrN2O4S. The number of sulfonamides is 1. The fourth-order valence-electron chi connectivity index (χ4n) is 0.978.